The van der Waals surface area contributed by atoms with Crippen molar-refractivity contribution in [1.82, 2.24) is 20.0 Å². The first-order valence-corrected chi connectivity index (χ1v) is 5.79. The van der Waals surface area contributed by atoms with Gasteiger partial charge in [-0.15, -0.1) is 16.4 Å². The zero-order valence-electron chi connectivity index (χ0n) is 9.16. The maximum absolute atomic E-state index is 11.2. The maximum Gasteiger partial charge on any atom is 0.357 e. The molecule has 2 aromatic heterocycles. The molecule has 0 spiro atoms. The van der Waals surface area contributed by atoms with Crippen LogP contribution in [-0.2, 0) is 11.3 Å². The molecule has 2 rings (SSSR count). The Kier molecular flexibility index (Phi) is 3.66. The summed E-state index contributed by atoms with van der Waals surface area (Å²) in [7, 11) is 1.33. The minimum Gasteiger partial charge on any atom is -0.464 e. The summed E-state index contributed by atoms with van der Waals surface area (Å²) in [5, 5.41) is 13.0. The van der Waals surface area contributed by atoms with Crippen LogP contribution < -0.4 is 5.32 Å². The van der Waals surface area contributed by atoms with Crippen LogP contribution in [0.3, 0.4) is 0 Å². The molecule has 0 radical (unpaired) electrons. The second kappa shape index (κ2) is 5.39. The summed E-state index contributed by atoms with van der Waals surface area (Å²) in [6.07, 6.45) is 3.40. The van der Waals surface area contributed by atoms with Crippen LogP contribution in [0, 0.1) is 0 Å². The van der Waals surface area contributed by atoms with Crippen LogP contribution in [0.25, 0.3) is 0 Å². The van der Waals surface area contributed by atoms with E-state index in [4.69, 9.17) is 0 Å². The first-order valence-electron chi connectivity index (χ1n) is 4.91. The molecule has 0 saturated carbocycles. The fourth-order valence-corrected chi connectivity index (χ4v) is 1.89. The molecule has 0 aliphatic heterocycles. The van der Waals surface area contributed by atoms with Crippen LogP contribution in [0.1, 0.15) is 10.5 Å². The van der Waals surface area contributed by atoms with Crippen molar-refractivity contribution in [1.29, 1.82) is 0 Å². The van der Waals surface area contributed by atoms with Gasteiger partial charge in [-0.25, -0.2) is 9.78 Å². The van der Waals surface area contributed by atoms with Gasteiger partial charge in [-0.1, -0.05) is 5.21 Å². The van der Waals surface area contributed by atoms with E-state index in [0.29, 0.717) is 23.9 Å². The molecule has 0 aromatic carbocycles. The van der Waals surface area contributed by atoms with E-state index in [1.807, 2.05) is 0 Å². The van der Waals surface area contributed by atoms with Crippen LogP contribution in [-0.4, -0.2) is 39.6 Å². The first-order chi connectivity index (χ1) is 8.29. The predicted octanol–water partition coefficient (Wildman–Crippen LogP) is 0.633. The van der Waals surface area contributed by atoms with Crippen molar-refractivity contribution >= 4 is 22.4 Å². The van der Waals surface area contributed by atoms with E-state index in [9.17, 15) is 4.79 Å². The summed E-state index contributed by atoms with van der Waals surface area (Å²) in [5.41, 5.74) is 0.320. The van der Waals surface area contributed by atoms with Crippen LogP contribution in [0.4, 0.5) is 5.13 Å². The Bertz CT molecular complexity index is 481. The fraction of sp³-hybridized carbons (Fsp3) is 0.333. The number of methoxy groups -OCH3 is 1. The van der Waals surface area contributed by atoms with Gasteiger partial charge >= 0.3 is 5.97 Å². The van der Waals surface area contributed by atoms with E-state index in [1.165, 1.54) is 18.4 Å². The van der Waals surface area contributed by atoms with Gasteiger partial charge in [0.2, 0.25) is 0 Å². The first kappa shape index (κ1) is 11.5. The van der Waals surface area contributed by atoms with Crippen molar-refractivity contribution in [2.75, 3.05) is 19.0 Å². The molecular formula is C9H11N5O2S. The lowest BCUT2D eigenvalue weighted by Crippen LogP contribution is -2.11. The zero-order valence-corrected chi connectivity index (χ0v) is 9.98. The normalized spacial score (nSPS) is 10.2. The lowest BCUT2D eigenvalue weighted by Gasteiger charge is -2.01. The summed E-state index contributed by atoms with van der Waals surface area (Å²) < 4.78 is 6.28. The molecule has 0 amide bonds. The van der Waals surface area contributed by atoms with Crippen LogP contribution in [0.2, 0.25) is 0 Å². The summed E-state index contributed by atoms with van der Waals surface area (Å²) in [6, 6.07) is 0. The highest BCUT2D eigenvalue weighted by Gasteiger charge is 2.09. The van der Waals surface area contributed by atoms with E-state index in [1.54, 1.807) is 22.5 Å². The molecule has 0 saturated heterocycles. The van der Waals surface area contributed by atoms with Crippen molar-refractivity contribution in [3.63, 3.8) is 0 Å². The van der Waals surface area contributed by atoms with Crippen molar-refractivity contribution in [3.05, 3.63) is 23.5 Å². The average molecular weight is 253 g/mol. The molecule has 7 nitrogen and oxygen atoms in total. The fourth-order valence-electron chi connectivity index (χ4n) is 1.18. The summed E-state index contributed by atoms with van der Waals surface area (Å²) >= 11 is 1.36. The van der Waals surface area contributed by atoms with E-state index < -0.39 is 5.97 Å². The number of nitrogens with one attached hydrogen (secondary N) is 1. The molecular weight excluding hydrogens is 242 g/mol. The molecule has 17 heavy (non-hydrogen) atoms. The number of aromatic nitrogens is 4. The van der Waals surface area contributed by atoms with Crippen molar-refractivity contribution in [2.45, 2.75) is 6.54 Å². The predicted molar refractivity (Wildman–Crippen MR) is 62.0 cm³/mol. The lowest BCUT2D eigenvalue weighted by atomic mass is 10.5. The number of ether oxygens (including phenoxy) is 1. The Hall–Kier alpha value is -1.96. The van der Waals surface area contributed by atoms with E-state index in [0.717, 1.165) is 0 Å². The number of esters is 1. The lowest BCUT2D eigenvalue weighted by molar-refractivity contribution is 0.0595. The largest absolute Gasteiger partial charge is 0.464 e. The smallest absolute Gasteiger partial charge is 0.357 e. The zero-order chi connectivity index (χ0) is 12.1. The van der Waals surface area contributed by atoms with E-state index >= 15 is 0 Å². The molecule has 8 heteroatoms. The van der Waals surface area contributed by atoms with Gasteiger partial charge in [-0.3, -0.25) is 4.68 Å². The Balaban J connectivity index is 1.83. The molecule has 0 bridgehead atoms. The minimum absolute atomic E-state index is 0.320. The molecule has 0 aliphatic carbocycles. The van der Waals surface area contributed by atoms with Crippen molar-refractivity contribution in [2.24, 2.45) is 0 Å². The molecule has 2 heterocycles. The quantitative estimate of drug-likeness (QED) is 0.787. The highest BCUT2D eigenvalue weighted by Crippen LogP contribution is 2.15. The Morgan fingerprint density at radius 1 is 1.65 bits per heavy atom. The van der Waals surface area contributed by atoms with Gasteiger partial charge in [0.25, 0.3) is 0 Å². The standard InChI is InChI=1S/C9H11N5O2S/c1-16-8(15)7-6-17-9(12-7)10-2-4-14-5-3-11-13-14/h3,5-6H,2,4H2,1H3,(H,10,12). The number of hydrogen-bond acceptors (Lipinski definition) is 7. The molecule has 0 fully saturated rings. The Morgan fingerprint density at radius 3 is 3.24 bits per heavy atom. The number of anilines is 1. The van der Waals surface area contributed by atoms with Crippen LogP contribution in [0.15, 0.2) is 17.8 Å². The number of thiazole rings is 1. The SMILES string of the molecule is COC(=O)c1csc(NCCn2ccnn2)n1. The van der Waals surface area contributed by atoms with Crippen molar-refractivity contribution < 1.29 is 9.53 Å². The second-order valence-corrected chi connectivity index (χ2v) is 3.98. The van der Waals surface area contributed by atoms with E-state index in [-0.39, 0.29) is 0 Å². The second-order valence-electron chi connectivity index (χ2n) is 3.12. The van der Waals surface area contributed by atoms with Gasteiger partial charge in [0, 0.05) is 18.1 Å². The van der Waals surface area contributed by atoms with Gasteiger partial charge in [-0.05, 0) is 0 Å². The number of carbonyl (C=O) groups is 1. The van der Waals surface area contributed by atoms with Gasteiger partial charge in [-0.2, -0.15) is 0 Å². The summed E-state index contributed by atoms with van der Waals surface area (Å²) in [5.74, 6) is -0.425. The molecule has 2 aromatic rings. The number of nitrogens with zero attached hydrogens (tertiary/aromatic N) is 4. The van der Waals surface area contributed by atoms with E-state index in [2.05, 4.69) is 25.3 Å². The Morgan fingerprint density at radius 2 is 2.53 bits per heavy atom. The monoisotopic (exact) mass is 253 g/mol. The molecule has 0 aliphatic rings. The number of carbonyl (C=O) groups excluding carboxylic acids is 1. The number of rotatable bonds is 5. The van der Waals surface area contributed by atoms with Gasteiger partial charge < -0.3 is 10.1 Å². The number of hydrogen-bond donors (Lipinski definition) is 1. The van der Waals surface area contributed by atoms with Gasteiger partial charge in [0.15, 0.2) is 10.8 Å². The minimum atomic E-state index is -0.425. The Labute approximate surface area is 101 Å². The molecule has 90 valence electrons. The van der Waals surface area contributed by atoms with Crippen molar-refractivity contribution in [3.8, 4) is 0 Å². The van der Waals surface area contributed by atoms with Crippen LogP contribution >= 0.6 is 11.3 Å². The third-order valence-corrected chi connectivity index (χ3v) is 2.79. The third-order valence-electron chi connectivity index (χ3n) is 1.99. The summed E-state index contributed by atoms with van der Waals surface area (Å²) in [6.45, 7) is 1.35. The average Bonchev–Trinajstić information content (AvgIpc) is 2.99. The van der Waals surface area contributed by atoms with Gasteiger partial charge in [0.05, 0.1) is 19.9 Å². The highest BCUT2D eigenvalue weighted by atomic mass is 32.1. The highest BCUT2D eigenvalue weighted by molar-refractivity contribution is 7.13. The maximum atomic E-state index is 11.2. The molecule has 1 N–H and O–H groups in total. The molecule has 0 atom stereocenters. The summed E-state index contributed by atoms with van der Waals surface area (Å²) in [4.78, 5) is 15.2. The topological polar surface area (TPSA) is 81.9 Å². The van der Waals surface area contributed by atoms with Crippen LogP contribution in [0.5, 0.6) is 0 Å². The van der Waals surface area contributed by atoms with Gasteiger partial charge in [0.1, 0.15) is 0 Å². The molecule has 0 unspecified atom stereocenters. The third kappa shape index (κ3) is 3.00.